The van der Waals surface area contributed by atoms with Crippen molar-refractivity contribution in [1.82, 2.24) is 5.32 Å². The SMILES string of the molecule is C=CC(C)(O)CNC. The zero-order valence-corrected chi connectivity index (χ0v) is 5.44. The minimum absolute atomic E-state index is 0.552. The van der Waals surface area contributed by atoms with Crippen LogP contribution >= 0.6 is 0 Å². The van der Waals surface area contributed by atoms with Crippen molar-refractivity contribution >= 4 is 0 Å². The Kier molecular flexibility index (Phi) is 2.72. The fourth-order valence-corrected chi connectivity index (χ4v) is 0.430. The van der Waals surface area contributed by atoms with Crippen molar-refractivity contribution in [3.05, 3.63) is 12.7 Å². The molecule has 0 aromatic carbocycles. The van der Waals surface area contributed by atoms with Gasteiger partial charge in [0.05, 0.1) is 5.60 Å². The summed E-state index contributed by atoms with van der Waals surface area (Å²) in [6, 6.07) is 0. The van der Waals surface area contributed by atoms with E-state index >= 15 is 0 Å². The van der Waals surface area contributed by atoms with Crippen molar-refractivity contribution in [2.24, 2.45) is 0 Å². The number of aliphatic hydroxyl groups is 1. The maximum absolute atomic E-state index is 9.14. The molecule has 0 amide bonds. The summed E-state index contributed by atoms with van der Waals surface area (Å²) in [4.78, 5) is 0. The fourth-order valence-electron chi connectivity index (χ4n) is 0.430. The highest BCUT2D eigenvalue weighted by Gasteiger charge is 2.11. The first-order chi connectivity index (χ1) is 3.62. The molecule has 0 aliphatic rings. The lowest BCUT2D eigenvalue weighted by molar-refractivity contribution is 0.113. The highest BCUT2D eigenvalue weighted by Crippen LogP contribution is 1.99. The topological polar surface area (TPSA) is 32.3 Å². The molecule has 0 saturated carbocycles. The average molecular weight is 115 g/mol. The Balaban J connectivity index is 3.53. The summed E-state index contributed by atoms with van der Waals surface area (Å²) < 4.78 is 0. The van der Waals surface area contributed by atoms with Gasteiger partial charge < -0.3 is 10.4 Å². The molecule has 2 N–H and O–H groups in total. The third kappa shape index (κ3) is 2.77. The van der Waals surface area contributed by atoms with Crippen LogP contribution in [-0.2, 0) is 0 Å². The van der Waals surface area contributed by atoms with Crippen LogP contribution < -0.4 is 5.32 Å². The molecule has 0 aliphatic carbocycles. The lowest BCUT2D eigenvalue weighted by Crippen LogP contribution is -2.33. The summed E-state index contributed by atoms with van der Waals surface area (Å²) in [5, 5.41) is 12.0. The molecule has 8 heavy (non-hydrogen) atoms. The molecule has 1 unspecified atom stereocenters. The number of likely N-dealkylation sites (N-methyl/N-ethyl adjacent to an activating group) is 1. The summed E-state index contributed by atoms with van der Waals surface area (Å²) in [5.74, 6) is 0. The largest absolute Gasteiger partial charge is 0.385 e. The molecule has 48 valence electrons. The van der Waals surface area contributed by atoms with Gasteiger partial charge in [0.25, 0.3) is 0 Å². The van der Waals surface area contributed by atoms with Crippen molar-refractivity contribution in [2.75, 3.05) is 13.6 Å². The van der Waals surface area contributed by atoms with E-state index in [1.807, 2.05) is 0 Å². The zero-order valence-electron chi connectivity index (χ0n) is 5.44. The van der Waals surface area contributed by atoms with Crippen LogP contribution in [0.5, 0.6) is 0 Å². The molecule has 0 aromatic rings. The Morgan fingerprint density at radius 1 is 1.88 bits per heavy atom. The first-order valence-electron chi connectivity index (χ1n) is 2.63. The maximum Gasteiger partial charge on any atom is 0.0920 e. The summed E-state index contributed by atoms with van der Waals surface area (Å²) in [6.07, 6.45) is 1.52. The van der Waals surface area contributed by atoms with Crippen molar-refractivity contribution < 1.29 is 5.11 Å². The molecular formula is C6H13NO. The van der Waals surface area contributed by atoms with Gasteiger partial charge in [-0.2, -0.15) is 0 Å². The second-order valence-electron chi connectivity index (χ2n) is 2.09. The van der Waals surface area contributed by atoms with Crippen LogP contribution in [0.25, 0.3) is 0 Å². The van der Waals surface area contributed by atoms with Gasteiger partial charge in [0.1, 0.15) is 0 Å². The highest BCUT2D eigenvalue weighted by atomic mass is 16.3. The van der Waals surface area contributed by atoms with Crippen LogP contribution in [0.15, 0.2) is 12.7 Å². The van der Waals surface area contributed by atoms with Crippen LogP contribution in [0, 0.1) is 0 Å². The van der Waals surface area contributed by atoms with Crippen LogP contribution in [0.1, 0.15) is 6.92 Å². The molecule has 0 heterocycles. The number of hydrogen-bond acceptors (Lipinski definition) is 2. The first-order valence-corrected chi connectivity index (χ1v) is 2.63. The predicted octanol–water partition coefficient (Wildman–Crippen LogP) is 0.143. The standard InChI is InChI=1S/C6H13NO/c1-4-6(2,8)5-7-3/h4,7-8H,1,5H2,2-3H3. The van der Waals surface area contributed by atoms with Crippen LogP contribution in [0.2, 0.25) is 0 Å². The molecule has 2 nitrogen and oxygen atoms in total. The minimum atomic E-state index is -0.755. The molecule has 0 aromatic heterocycles. The van der Waals surface area contributed by atoms with E-state index < -0.39 is 5.60 Å². The molecule has 0 saturated heterocycles. The second kappa shape index (κ2) is 2.84. The fraction of sp³-hybridized carbons (Fsp3) is 0.667. The molecule has 0 spiro atoms. The number of hydrogen-bond donors (Lipinski definition) is 2. The monoisotopic (exact) mass is 115 g/mol. The van der Waals surface area contributed by atoms with Crippen LogP contribution in [-0.4, -0.2) is 24.3 Å². The van der Waals surface area contributed by atoms with E-state index in [0.29, 0.717) is 6.54 Å². The number of nitrogens with one attached hydrogen (secondary N) is 1. The van der Waals surface area contributed by atoms with E-state index in [2.05, 4.69) is 11.9 Å². The third-order valence-electron chi connectivity index (χ3n) is 0.974. The normalized spacial score (nSPS) is 17.4. The lowest BCUT2D eigenvalue weighted by atomic mass is 10.1. The highest BCUT2D eigenvalue weighted by molar-refractivity contribution is 4.92. The van der Waals surface area contributed by atoms with Gasteiger partial charge >= 0.3 is 0 Å². The lowest BCUT2D eigenvalue weighted by Gasteiger charge is -2.16. The van der Waals surface area contributed by atoms with Gasteiger partial charge in [-0.05, 0) is 14.0 Å². The van der Waals surface area contributed by atoms with Crippen LogP contribution in [0.3, 0.4) is 0 Å². The van der Waals surface area contributed by atoms with Crippen LogP contribution in [0.4, 0.5) is 0 Å². The van der Waals surface area contributed by atoms with Gasteiger partial charge in [-0.15, -0.1) is 6.58 Å². The van der Waals surface area contributed by atoms with Gasteiger partial charge in [-0.3, -0.25) is 0 Å². The summed E-state index contributed by atoms with van der Waals surface area (Å²) in [7, 11) is 1.79. The quantitative estimate of drug-likeness (QED) is 0.513. The minimum Gasteiger partial charge on any atom is -0.385 e. The predicted molar refractivity (Wildman–Crippen MR) is 34.7 cm³/mol. The van der Waals surface area contributed by atoms with Gasteiger partial charge in [0, 0.05) is 6.54 Å². The molecule has 1 atom stereocenters. The second-order valence-corrected chi connectivity index (χ2v) is 2.09. The van der Waals surface area contributed by atoms with Gasteiger partial charge in [-0.1, -0.05) is 6.08 Å². The Morgan fingerprint density at radius 3 is 2.50 bits per heavy atom. The van der Waals surface area contributed by atoms with Crippen molar-refractivity contribution in [3.63, 3.8) is 0 Å². The van der Waals surface area contributed by atoms with E-state index in [1.54, 1.807) is 14.0 Å². The van der Waals surface area contributed by atoms with E-state index in [4.69, 9.17) is 5.11 Å². The Bertz CT molecular complexity index is 78.6. The third-order valence-corrected chi connectivity index (χ3v) is 0.974. The smallest absolute Gasteiger partial charge is 0.0920 e. The Morgan fingerprint density at radius 2 is 2.38 bits per heavy atom. The van der Waals surface area contributed by atoms with Crippen molar-refractivity contribution in [3.8, 4) is 0 Å². The molecule has 0 aliphatic heterocycles. The van der Waals surface area contributed by atoms with E-state index in [9.17, 15) is 0 Å². The van der Waals surface area contributed by atoms with E-state index in [-0.39, 0.29) is 0 Å². The maximum atomic E-state index is 9.14. The molecule has 0 bridgehead atoms. The summed E-state index contributed by atoms with van der Waals surface area (Å²) >= 11 is 0. The van der Waals surface area contributed by atoms with Gasteiger partial charge in [0.2, 0.25) is 0 Å². The average Bonchev–Trinajstić information content (AvgIpc) is 1.67. The first kappa shape index (κ1) is 7.66. The van der Waals surface area contributed by atoms with Gasteiger partial charge in [0.15, 0.2) is 0 Å². The van der Waals surface area contributed by atoms with E-state index in [1.165, 1.54) is 6.08 Å². The Hall–Kier alpha value is -0.340. The molecule has 0 radical (unpaired) electrons. The molecule has 2 heteroatoms. The molecule has 0 rings (SSSR count). The number of rotatable bonds is 3. The summed E-state index contributed by atoms with van der Waals surface area (Å²) in [6.45, 7) is 5.72. The zero-order chi connectivity index (χ0) is 6.62. The van der Waals surface area contributed by atoms with Crippen molar-refractivity contribution in [2.45, 2.75) is 12.5 Å². The van der Waals surface area contributed by atoms with Crippen molar-refractivity contribution in [1.29, 1.82) is 0 Å². The van der Waals surface area contributed by atoms with Gasteiger partial charge in [-0.25, -0.2) is 0 Å². The van der Waals surface area contributed by atoms with E-state index in [0.717, 1.165) is 0 Å². The Labute approximate surface area is 50.2 Å². The molecule has 0 fully saturated rings. The summed E-state index contributed by atoms with van der Waals surface area (Å²) in [5.41, 5.74) is -0.755. The molecular weight excluding hydrogens is 102 g/mol.